The van der Waals surface area contributed by atoms with Crippen molar-refractivity contribution in [3.05, 3.63) is 60.8 Å². The first-order chi connectivity index (χ1) is 34.5. The second-order valence-electron chi connectivity index (χ2n) is 20.2. The van der Waals surface area contributed by atoms with Crippen LogP contribution >= 0.6 is 0 Å². The van der Waals surface area contributed by atoms with E-state index in [1.807, 2.05) is 0 Å². The van der Waals surface area contributed by atoms with E-state index in [0.717, 1.165) is 89.9 Å². The van der Waals surface area contributed by atoms with Crippen molar-refractivity contribution in [3.8, 4) is 0 Å². The molecule has 0 amide bonds. The number of ether oxygens (including phenoxy) is 3. The minimum atomic E-state index is -0.765. The minimum absolute atomic E-state index is 0.0683. The van der Waals surface area contributed by atoms with Crippen molar-refractivity contribution in [2.24, 2.45) is 0 Å². The van der Waals surface area contributed by atoms with E-state index < -0.39 is 6.10 Å². The molecule has 70 heavy (non-hydrogen) atoms. The average molecular weight is 980 g/mol. The molecule has 1 atom stereocenters. The van der Waals surface area contributed by atoms with Crippen molar-refractivity contribution in [1.82, 2.24) is 0 Å². The molecule has 0 radical (unpaired) electrons. The highest BCUT2D eigenvalue weighted by atomic mass is 16.6. The number of hydrogen-bond acceptors (Lipinski definition) is 6. The van der Waals surface area contributed by atoms with Crippen LogP contribution < -0.4 is 0 Å². The van der Waals surface area contributed by atoms with Crippen LogP contribution in [0.15, 0.2) is 60.8 Å². The van der Waals surface area contributed by atoms with Crippen LogP contribution in [0.1, 0.15) is 310 Å². The van der Waals surface area contributed by atoms with E-state index in [9.17, 15) is 14.4 Å². The van der Waals surface area contributed by atoms with Crippen molar-refractivity contribution >= 4 is 17.9 Å². The van der Waals surface area contributed by atoms with E-state index in [2.05, 4.69) is 81.5 Å². The van der Waals surface area contributed by atoms with Crippen LogP contribution in [-0.2, 0) is 28.6 Å². The van der Waals surface area contributed by atoms with Gasteiger partial charge in [0, 0.05) is 19.3 Å². The summed E-state index contributed by atoms with van der Waals surface area (Å²) in [7, 11) is 0. The Labute approximate surface area is 434 Å². The summed E-state index contributed by atoms with van der Waals surface area (Å²) >= 11 is 0. The maximum Gasteiger partial charge on any atom is 0.306 e. The fourth-order valence-corrected chi connectivity index (χ4v) is 8.77. The number of hydrogen-bond donors (Lipinski definition) is 0. The lowest BCUT2D eigenvalue weighted by Gasteiger charge is -2.18. The van der Waals surface area contributed by atoms with Crippen LogP contribution in [-0.4, -0.2) is 37.2 Å². The zero-order chi connectivity index (χ0) is 50.7. The standard InChI is InChI=1S/C64H114O6/c1-4-7-10-13-16-18-20-22-23-24-25-26-27-28-29-30-31-32-33-34-35-36-37-38-39-40-41-42-44-45-48-51-54-57-63(66)69-60-61(59-68-62(65)56-53-50-47-15-12-9-6-3)70-64(67)58-55-52-49-46-43-21-19-17-14-11-8-5-2/h7,10,16,18,22-23,25-26,28-29,61H,4-6,8-9,11-15,17,19-21,24,27,30-60H2,1-3H3/b10-7-,18-16-,23-22-,26-25-,29-28-. The predicted molar refractivity (Wildman–Crippen MR) is 302 cm³/mol. The van der Waals surface area contributed by atoms with Gasteiger partial charge in [0.1, 0.15) is 13.2 Å². The Morgan fingerprint density at radius 3 is 0.871 bits per heavy atom. The highest BCUT2D eigenvalue weighted by Gasteiger charge is 2.19. The fourth-order valence-electron chi connectivity index (χ4n) is 8.77. The lowest BCUT2D eigenvalue weighted by atomic mass is 10.0. The van der Waals surface area contributed by atoms with Crippen LogP contribution in [0, 0.1) is 0 Å². The van der Waals surface area contributed by atoms with Crippen LogP contribution in [0.2, 0.25) is 0 Å². The number of unbranched alkanes of at least 4 members (excludes halogenated alkanes) is 34. The maximum absolute atomic E-state index is 12.8. The topological polar surface area (TPSA) is 78.9 Å². The molecule has 406 valence electrons. The smallest absolute Gasteiger partial charge is 0.306 e. The average Bonchev–Trinajstić information content (AvgIpc) is 3.36. The zero-order valence-electron chi connectivity index (χ0n) is 46.5. The van der Waals surface area contributed by atoms with Gasteiger partial charge in [-0.15, -0.1) is 0 Å². The molecule has 0 aromatic rings. The summed E-state index contributed by atoms with van der Waals surface area (Å²) < 4.78 is 16.8. The fraction of sp³-hybridized carbons (Fsp3) is 0.797. The van der Waals surface area contributed by atoms with Gasteiger partial charge in [-0.3, -0.25) is 14.4 Å². The first-order valence-corrected chi connectivity index (χ1v) is 30.3. The SMILES string of the molecule is CC/C=C\C/C=C\C/C=C\C/C=C\C/C=C\CCCCCCCCCCCCCCCCCCCC(=O)OCC(COC(=O)CCCCCCCCC)OC(=O)CCCCCCCCCCCCCC. The Morgan fingerprint density at radius 2 is 0.557 bits per heavy atom. The van der Waals surface area contributed by atoms with E-state index >= 15 is 0 Å². The second kappa shape index (κ2) is 58.7. The Morgan fingerprint density at radius 1 is 0.300 bits per heavy atom. The molecular weight excluding hydrogens is 865 g/mol. The van der Waals surface area contributed by atoms with Crippen LogP contribution in [0.25, 0.3) is 0 Å². The van der Waals surface area contributed by atoms with Gasteiger partial charge in [-0.25, -0.2) is 0 Å². The Balaban J connectivity index is 3.95. The molecule has 0 rings (SSSR count). The van der Waals surface area contributed by atoms with E-state index in [1.165, 1.54) is 180 Å². The molecule has 0 bridgehead atoms. The van der Waals surface area contributed by atoms with Gasteiger partial charge < -0.3 is 14.2 Å². The van der Waals surface area contributed by atoms with Crippen molar-refractivity contribution in [1.29, 1.82) is 0 Å². The van der Waals surface area contributed by atoms with Crippen LogP contribution in [0.3, 0.4) is 0 Å². The Bertz CT molecular complexity index is 1260. The van der Waals surface area contributed by atoms with E-state index in [1.54, 1.807) is 0 Å². The highest BCUT2D eigenvalue weighted by molar-refractivity contribution is 5.71. The molecule has 0 aliphatic heterocycles. The van der Waals surface area contributed by atoms with Gasteiger partial charge in [0.15, 0.2) is 6.10 Å². The van der Waals surface area contributed by atoms with Gasteiger partial charge in [-0.05, 0) is 64.2 Å². The molecule has 0 spiro atoms. The number of rotatable bonds is 55. The van der Waals surface area contributed by atoms with Gasteiger partial charge in [-0.2, -0.15) is 0 Å². The molecule has 0 heterocycles. The molecule has 0 saturated carbocycles. The molecule has 0 aliphatic rings. The van der Waals surface area contributed by atoms with E-state index in [0.29, 0.717) is 19.3 Å². The molecule has 0 aromatic carbocycles. The summed E-state index contributed by atoms with van der Waals surface area (Å²) in [6, 6.07) is 0. The molecule has 0 aliphatic carbocycles. The normalized spacial score (nSPS) is 12.4. The lowest BCUT2D eigenvalue weighted by Crippen LogP contribution is -2.30. The number of carbonyl (C=O) groups is 3. The molecule has 0 aromatic heterocycles. The zero-order valence-corrected chi connectivity index (χ0v) is 46.5. The van der Waals surface area contributed by atoms with Gasteiger partial charge in [0.2, 0.25) is 0 Å². The van der Waals surface area contributed by atoms with Gasteiger partial charge in [-0.1, -0.05) is 287 Å². The molecule has 1 unspecified atom stereocenters. The van der Waals surface area contributed by atoms with Gasteiger partial charge >= 0.3 is 17.9 Å². The summed E-state index contributed by atoms with van der Waals surface area (Å²) in [5.74, 6) is -0.861. The third-order valence-electron chi connectivity index (χ3n) is 13.3. The lowest BCUT2D eigenvalue weighted by molar-refractivity contribution is -0.167. The van der Waals surface area contributed by atoms with Crippen LogP contribution in [0.4, 0.5) is 0 Å². The summed E-state index contributed by atoms with van der Waals surface area (Å²) in [6.45, 7) is 6.51. The maximum atomic E-state index is 12.8. The quantitative estimate of drug-likeness (QED) is 0.0261. The Kier molecular flexibility index (Phi) is 56.3. The van der Waals surface area contributed by atoms with Crippen molar-refractivity contribution in [2.75, 3.05) is 13.2 Å². The van der Waals surface area contributed by atoms with Crippen molar-refractivity contribution < 1.29 is 28.6 Å². The molecular formula is C64H114O6. The van der Waals surface area contributed by atoms with Gasteiger partial charge in [0.25, 0.3) is 0 Å². The third kappa shape index (κ3) is 56.0. The molecule has 0 saturated heterocycles. The first kappa shape index (κ1) is 67.1. The Hall–Kier alpha value is -2.89. The van der Waals surface area contributed by atoms with Crippen molar-refractivity contribution in [3.63, 3.8) is 0 Å². The highest BCUT2D eigenvalue weighted by Crippen LogP contribution is 2.17. The van der Waals surface area contributed by atoms with E-state index in [4.69, 9.17) is 14.2 Å². The molecule has 6 heteroatoms. The molecule has 0 N–H and O–H groups in total. The molecule has 0 fully saturated rings. The largest absolute Gasteiger partial charge is 0.462 e. The minimum Gasteiger partial charge on any atom is -0.462 e. The predicted octanol–water partition coefficient (Wildman–Crippen LogP) is 20.4. The number of esters is 3. The van der Waals surface area contributed by atoms with Gasteiger partial charge in [0.05, 0.1) is 0 Å². The number of carbonyl (C=O) groups excluding carboxylic acids is 3. The summed E-state index contributed by atoms with van der Waals surface area (Å²) in [6.07, 6.45) is 74.0. The number of allylic oxidation sites excluding steroid dienone is 10. The van der Waals surface area contributed by atoms with E-state index in [-0.39, 0.29) is 31.1 Å². The first-order valence-electron chi connectivity index (χ1n) is 30.3. The monoisotopic (exact) mass is 979 g/mol. The summed E-state index contributed by atoms with van der Waals surface area (Å²) in [5, 5.41) is 0. The van der Waals surface area contributed by atoms with Crippen LogP contribution in [0.5, 0.6) is 0 Å². The summed E-state index contributed by atoms with van der Waals surface area (Å²) in [4.78, 5) is 37.9. The molecule has 6 nitrogen and oxygen atoms in total. The summed E-state index contributed by atoms with van der Waals surface area (Å²) in [5.41, 5.74) is 0. The third-order valence-corrected chi connectivity index (χ3v) is 13.3. The second-order valence-corrected chi connectivity index (χ2v) is 20.2. The van der Waals surface area contributed by atoms with Crippen molar-refractivity contribution in [2.45, 2.75) is 316 Å².